The maximum atomic E-state index is 11.0. The standard InChI is InChI=1S/C16H21NO3/c1-16(2)6-5-11-7-10(3-4-14(11)20-16)13-8-12(9-17-13)15(18)19/h3-4,7,12-13,17H,5-6,8-9H2,1-2H3,(H,18,19). The number of ether oxygens (including phenoxy) is 1. The Morgan fingerprint density at radius 3 is 2.95 bits per heavy atom. The van der Waals surface area contributed by atoms with Crippen molar-refractivity contribution >= 4 is 5.97 Å². The zero-order valence-corrected chi connectivity index (χ0v) is 12.0. The predicted octanol–water partition coefficient (Wildman–Crippen LogP) is 2.53. The van der Waals surface area contributed by atoms with Gasteiger partial charge in [0.1, 0.15) is 11.4 Å². The second-order valence-corrected chi connectivity index (χ2v) is 6.46. The number of hydrogen-bond donors (Lipinski definition) is 2. The second-order valence-electron chi connectivity index (χ2n) is 6.46. The van der Waals surface area contributed by atoms with Crippen molar-refractivity contribution in [3.8, 4) is 5.75 Å². The fraction of sp³-hybridized carbons (Fsp3) is 0.562. The molecule has 2 heterocycles. The van der Waals surface area contributed by atoms with Gasteiger partial charge in [0.25, 0.3) is 0 Å². The molecule has 1 saturated heterocycles. The summed E-state index contributed by atoms with van der Waals surface area (Å²) in [7, 11) is 0. The molecule has 0 saturated carbocycles. The Labute approximate surface area is 119 Å². The first-order chi connectivity index (χ1) is 9.44. The van der Waals surface area contributed by atoms with Crippen LogP contribution < -0.4 is 10.1 Å². The highest BCUT2D eigenvalue weighted by molar-refractivity contribution is 5.70. The summed E-state index contributed by atoms with van der Waals surface area (Å²) in [4.78, 5) is 11.0. The van der Waals surface area contributed by atoms with Crippen LogP contribution in [0.1, 0.15) is 43.9 Å². The molecule has 2 aliphatic rings. The van der Waals surface area contributed by atoms with Gasteiger partial charge in [-0.15, -0.1) is 0 Å². The molecule has 2 atom stereocenters. The number of aliphatic carboxylic acids is 1. The number of carboxylic acids is 1. The van der Waals surface area contributed by atoms with Crippen LogP contribution in [-0.2, 0) is 11.2 Å². The Hall–Kier alpha value is -1.55. The fourth-order valence-electron chi connectivity index (χ4n) is 3.07. The topological polar surface area (TPSA) is 58.6 Å². The molecule has 2 N–H and O–H groups in total. The van der Waals surface area contributed by atoms with Crippen LogP contribution in [0.25, 0.3) is 0 Å². The van der Waals surface area contributed by atoms with E-state index in [9.17, 15) is 4.79 Å². The van der Waals surface area contributed by atoms with E-state index in [4.69, 9.17) is 9.84 Å². The van der Waals surface area contributed by atoms with Gasteiger partial charge in [0.2, 0.25) is 0 Å². The molecule has 0 aromatic heterocycles. The number of benzene rings is 1. The normalized spacial score (nSPS) is 27.7. The number of fused-ring (bicyclic) bond motifs is 1. The summed E-state index contributed by atoms with van der Waals surface area (Å²) in [5.41, 5.74) is 2.33. The Balaban J connectivity index is 1.79. The van der Waals surface area contributed by atoms with Crippen LogP contribution in [0.15, 0.2) is 18.2 Å². The molecule has 0 spiro atoms. The maximum absolute atomic E-state index is 11.0. The molecule has 2 aliphatic heterocycles. The average molecular weight is 275 g/mol. The third kappa shape index (κ3) is 2.52. The van der Waals surface area contributed by atoms with Gasteiger partial charge in [0.05, 0.1) is 5.92 Å². The van der Waals surface area contributed by atoms with E-state index in [1.165, 1.54) is 11.1 Å². The molecule has 1 aromatic carbocycles. The lowest BCUT2D eigenvalue weighted by Crippen LogP contribution is -2.32. The van der Waals surface area contributed by atoms with Crippen molar-refractivity contribution in [1.29, 1.82) is 0 Å². The van der Waals surface area contributed by atoms with Gasteiger partial charge in [0.15, 0.2) is 0 Å². The molecule has 0 amide bonds. The van der Waals surface area contributed by atoms with Gasteiger partial charge < -0.3 is 15.2 Å². The van der Waals surface area contributed by atoms with Gasteiger partial charge in [-0.3, -0.25) is 4.79 Å². The van der Waals surface area contributed by atoms with Crippen LogP contribution in [0.3, 0.4) is 0 Å². The molecule has 3 rings (SSSR count). The van der Waals surface area contributed by atoms with Crippen LogP contribution in [0.2, 0.25) is 0 Å². The number of nitrogens with one attached hydrogen (secondary N) is 1. The highest BCUT2D eigenvalue weighted by Gasteiger charge is 2.31. The number of carboxylic acid groups (broad SMARTS) is 1. The maximum Gasteiger partial charge on any atom is 0.307 e. The molecule has 2 unspecified atom stereocenters. The van der Waals surface area contributed by atoms with Crippen LogP contribution in [0.5, 0.6) is 5.75 Å². The minimum atomic E-state index is -0.706. The zero-order valence-electron chi connectivity index (χ0n) is 12.0. The molecule has 4 nitrogen and oxygen atoms in total. The first-order valence-corrected chi connectivity index (χ1v) is 7.23. The van der Waals surface area contributed by atoms with Crippen molar-refractivity contribution in [2.24, 2.45) is 5.92 Å². The number of aryl methyl sites for hydroxylation is 1. The molecule has 4 heteroatoms. The molecule has 0 aliphatic carbocycles. The van der Waals surface area contributed by atoms with Crippen molar-refractivity contribution in [3.05, 3.63) is 29.3 Å². The minimum Gasteiger partial charge on any atom is -0.488 e. The van der Waals surface area contributed by atoms with E-state index in [1.54, 1.807) is 0 Å². The summed E-state index contributed by atoms with van der Waals surface area (Å²) in [6.07, 6.45) is 2.70. The van der Waals surface area contributed by atoms with Crippen molar-refractivity contribution in [3.63, 3.8) is 0 Å². The van der Waals surface area contributed by atoms with E-state index in [1.807, 2.05) is 6.07 Å². The smallest absolute Gasteiger partial charge is 0.307 e. The second kappa shape index (κ2) is 4.77. The van der Waals surface area contributed by atoms with E-state index < -0.39 is 5.97 Å². The highest BCUT2D eigenvalue weighted by atomic mass is 16.5. The van der Waals surface area contributed by atoms with Gasteiger partial charge in [-0.05, 0) is 50.3 Å². The van der Waals surface area contributed by atoms with E-state index in [0.717, 1.165) is 18.6 Å². The molecule has 0 bridgehead atoms. The Morgan fingerprint density at radius 2 is 2.25 bits per heavy atom. The number of hydrogen-bond acceptors (Lipinski definition) is 3. The van der Waals surface area contributed by atoms with Crippen molar-refractivity contribution in [1.82, 2.24) is 5.32 Å². The van der Waals surface area contributed by atoms with Crippen LogP contribution in [-0.4, -0.2) is 23.2 Å². The molecular formula is C16H21NO3. The molecule has 108 valence electrons. The predicted molar refractivity (Wildman–Crippen MR) is 76.0 cm³/mol. The van der Waals surface area contributed by atoms with Gasteiger partial charge in [-0.25, -0.2) is 0 Å². The summed E-state index contributed by atoms with van der Waals surface area (Å²) in [5.74, 6) is -0.00737. The van der Waals surface area contributed by atoms with Gasteiger partial charge >= 0.3 is 5.97 Å². The van der Waals surface area contributed by atoms with Crippen molar-refractivity contribution in [2.75, 3.05) is 6.54 Å². The minimum absolute atomic E-state index is 0.0888. The SMILES string of the molecule is CC1(C)CCc2cc(C3CC(C(=O)O)CN3)ccc2O1. The summed E-state index contributed by atoms with van der Waals surface area (Å²) in [5, 5.41) is 12.4. The van der Waals surface area contributed by atoms with Gasteiger partial charge in [0, 0.05) is 12.6 Å². The molecule has 1 fully saturated rings. The number of carbonyl (C=O) groups is 1. The first kappa shape index (κ1) is 13.4. The summed E-state index contributed by atoms with van der Waals surface area (Å²) >= 11 is 0. The monoisotopic (exact) mass is 275 g/mol. The molecule has 20 heavy (non-hydrogen) atoms. The Morgan fingerprint density at radius 1 is 1.45 bits per heavy atom. The Bertz CT molecular complexity index is 539. The average Bonchev–Trinajstić information content (AvgIpc) is 2.87. The van der Waals surface area contributed by atoms with Crippen LogP contribution in [0.4, 0.5) is 0 Å². The highest BCUT2D eigenvalue weighted by Crippen LogP contribution is 2.36. The van der Waals surface area contributed by atoms with E-state index in [-0.39, 0.29) is 17.6 Å². The van der Waals surface area contributed by atoms with Crippen molar-refractivity contribution in [2.45, 2.75) is 44.8 Å². The fourth-order valence-corrected chi connectivity index (χ4v) is 3.07. The van der Waals surface area contributed by atoms with Crippen LogP contribution in [0, 0.1) is 5.92 Å². The molecule has 0 radical (unpaired) electrons. The quantitative estimate of drug-likeness (QED) is 0.870. The van der Waals surface area contributed by atoms with E-state index in [2.05, 4.69) is 31.3 Å². The van der Waals surface area contributed by atoms with Gasteiger partial charge in [-0.2, -0.15) is 0 Å². The first-order valence-electron chi connectivity index (χ1n) is 7.23. The lowest BCUT2D eigenvalue weighted by Gasteiger charge is -2.33. The van der Waals surface area contributed by atoms with E-state index in [0.29, 0.717) is 13.0 Å². The molecular weight excluding hydrogens is 254 g/mol. The lowest BCUT2D eigenvalue weighted by atomic mass is 9.91. The van der Waals surface area contributed by atoms with Gasteiger partial charge in [-0.1, -0.05) is 12.1 Å². The molecule has 1 aromatic rings. The lowest BCUT2D eigenvalue weighted by molar-refractivity contribution is -0.141. The summed E-state index contributed by atoms with van der Waals surface area (Å²) < 4.78 is 5.98. The number of rotatable bonds is 2. The van der Waals surface area contributed by atoms with Crippen LogP contribution >= 0.6 is 0 Å². The largest absolute Gasteiger partial charge is 0.488 e. The Kier molecular flexibility index (Phi) is 3.21. The summed E-state index contributed by atoms with van der Waals surface area (Å²) in [6, 6.07) is 6.41. The third-order valence-electron chi connectivity index (χ3n) is 4.35. The zero-order chi connectivity index (χ0) is 14.3. The van der Waals surface area contributed by atoms with Crippen molar-refractivity contribution < 1.29 is 14.6 Å². The third-order valence-corrected chi connectivity index (χ3v) is 4.35. The summed E-state index contributed by atoms with van der Waals surface area (Å²) in [6.45, 7) is 4.78. The van der Waals surface area contributed by atoms with E-state index >= 15 is 0 Å².